The Morgan fingerprint density at radius 1 is 1.21 bits per heavy atom. The lowest BCUT2D eigenvalue weighted by atomic mass is 10.3. The number of anilines is 1. The van der Waals surface area contributed by atoms with Crippen LogP contribution in [0.2, 0.25) is 5.02 Å². The first-order chi connectivity index (χ1) is 13.4. The van der Waals surface area contributed by atoms with Crippen LogP contribution in [0.3, 0.4) is 0 Å². The highest BCUT2D eigenvalue weighted by atomic mass is 35.5. The minimum atomic E-state index is -0.636. The van der Waals surface area contributed by atoms with Crippen LogP contribution >= 0.6 is 11.6 Å². The smallest absolute Gasteiger partial charge is 0.328 e. The molecule has 4 rings (SSSR count). The van der Waals surface area contributed by atoms with Crippen molar-refractivity contribution in [2.75, 3.05) is 5.32 Å². The molecule has 0 atom stereocenters. The van der Waals surface area contributed by atoms with E-state index in [4.69, 9.17) is 11.6 Å². The molecule has 0 fully saturated rings. The molecule has 0 unspecified atom stereocenters. The van der Waals surface area contributed by atoms with Gasteiger partial charge < -0.3 is 9.88 Å². The number of halogens is 1. The lowest BCUT2D eigenvalue weighted by Crippen LogP contribution is -2.42. The van der Waals surface area contributed by atoms with Gasteiger partial charge in [-0.05, 0) is 12.1 Å². The molecule has 0 aliphatic rings. The van der Waals surface area contributed by atoms with E-state index in [1.807, 2.05) is 0 Å². The summed E-state index contributed by atoms with van der Waals surface area (Å²) in [7, 11) is 3.13. The molecular formula is C17H14ClN7O3. The highest BCUT2D eigenvalue weighted by Gasteiger charge is 2.17. The average molecular weight is 400 g/mol. The number of aromatic nitrogens is 6. The molecule has 28 heavy (non-hydrogen) atoms. The Morgan fingerprint density at radius 3 is 2.79 bits per heavy atom. The first-order valence-corrected chi connectivity index (χ1v) is 8.56. The second kappa shape index (κ2) is 6.57. The van der Waals surface area contributed by atoms with Gasteiger partial charge in [0, 0.05) is 14.1 Å². The van der Waals surface area contributed by atoms with Gasteiger partial charge >= 0.3 is 5.69 Å². The van der Waals surface area contributed by atoms with E-state index in [2.05, 4.69) is 20.3 Å². The molecule has 0 radical (unpaired) electrons. The van der Waals surface area contributed by atoms with Crippen molar-refractivity contribution in [3.05, 3.63) is 56.6 Å². The molecular weight excluding hydrogens is 386 g/mol. The fourth-order valence-electron chi connectivity index (χ4n) is 2.93. The zero-order chi connectivity index (χ0) is 20.0. The van der Waals surface area contributed by atoms with Crippen LogP contribution in [0.5, 0.6) is 0 Å². The number of nitrogens with one attached hydrogen (secondary N) is 1. The number of nitrogens with zero attached hydrogens (tertiary/aromatic N) is 6. The van der Waals surface area contributed by atoms with Gasteiger partial charge in [-0.1, -0.05) is 17.7 Å². The van der Waals surface area contributed by atoms with Crippen LogP contribution < -0.4 is 16.6 Å². The maximum absolute atomic E-state index is 12.6. The predicted octanol–water partition coefficient (Wildman–Crippen LogP) is 0.669. The number of imidazole rings is 1. The van der Waals surface area contributed by atoms with Gasteiger partial charge in [0.25, 0.3) is 5.56 Å². The van der Waals surface area contributed by atoms with Gasteiger partial charge in [0.2, 0.25) is 5.91 Å². The maximum Gasteiger partial charge on any atom is 0.332 e. The number of hydrogen-bond acceptors (Lipinski definition) is 6. The van der Waals surface area contributed by atoms with Crippen molar-refractivity contribution in [1.29, 1.82) is 0 Å². The van der Waals surface area contributed by atoms with Crippen molar-refractivity contribution in [1.82, 2.24) is 28.7 Å². The topological polar surface area (TPSA) is 117 Å². The molecule has 10 nitrogen and oxygen atoms in total. The molecule has 0 saturated heterocycles. The van der Waals surface area contributed by atoms with E-state index in [1.54, 1.807) is 25.2 Å². The Labute approximate surface area is 162 Å². The summed E-state index contributed by atoms with van der Waals surface area (Å²) in [4.78, 5) is 50.0. The van der Waals surface area contributed by atoms with Crippen LogP contribution in [0.1, 0.15) is 0 Å². The van der Waals surface area contributed by atoms with E-state index < -0.39 is 23.7 Å². The molecule has 11 heteroatoms. The Morgan fingerprint density at radius 2 is 2.00 bits per heavy atom. The third-order valence-electron chi connectivity index (χ3n) is 4.29. The van der Waals surface area contributed by atoms with Gasteiger partial charge in [-0.3, -0.25) is 14.2 Å². The molecule has 1 N–H and O–H groups in total. The second-order valence-electron chi connectivity index (χ2n) is 6.17. The summed E-state index contributed by atoms with van der Waals surface area (Å²) in [5, 5.41) is 2.99. The lowest BCUT2D eigenvalue weighted by molar-refractivity contribution is -0.116. The van der Waals surface area contributed by atoms with Gasteiger partial charge in [-0.15, -0.1) is 0 Å². The highest BCUT2D eigenvalue weighted by Crippen LogP contribution is 2.20. The summed E-state index contributed by atoms with van der Waals surface area (Å²) in [6.07, 6.45) is 2.79. The first-order valence-electron chi connectivity index (χ1n) is 8.19. The number of para-hydroxylation sites is 1. The quantitative estimate of drug-likeness (QED) is 0.541. The zero-order valence-electron chi connectivity index (χ0n) is 14.9. The number of amides is 1. The van der Waals surface area contributed by atoms with E-state index in [0.29, 0.717) is 16.1 Å². The van der Waals surface area contributed by atoms with Gasteiger partial charge in [-0.2, -0.15) is 0 Å². The van der Waals surface area contributed by atoms with E-state index in [-0.39, 0.29) is 17.0 Å². The molecule has 4 aromatic rings. The number of fused-ring (bicyclic) bond motifs is 2. The molecule has 3 heterocycles. The zero-order valence-corrected chi connectivity index (χ0v) is 15.6. The van der Waals surface area contributed by atoms with Crippen molar-refractivity contribution >= 4 is 45.5 Å². The minimum absolute atomic E-state index is 0.186. The summed E-state index contributed by atoms with van der Waals surface area (Å²) in [5.74, 6) is -0.400. The van der Waals surface area contributed by atoms with Gasteiger partial charge in [0.1, 0.15) is 12.1 Å². The predicted molar refractivity (Wildman–Crippen MR) is 103 cm³/mol. The van der Waals surface area contributed by atoms with Crippen LogP contribution in [0, 0.1) is 0 Å². The highest BCUT2D eigenvalue weighted by molar-refractivity contribution is 6.34. The van der Waals surface area contributed by atoms with Crippen molar-refractivity contribution in [3.63, 3.8) is 0 Å². The summed E-state index contributed by atoms with van der Waals surface area (Å²) < 4.78 is 3.58. The number of hydrogen-bond donors (Lipinski definition) is 1. The van der Waals surface area contributed by atoms with Crippen LogP contribution in [-0.2, 0) is 25.4 Å². The molecule has 0 spiro atoms. The monoisotopic (exact) mass is 399 g/mol. The summed E-state index contributed by atoms with van der Waals surface area (Å²) in [6, 6.07) is 5.12. The van der Waals surface area contributed by atoms with Crippen LogP contribution in [0.4, 0.5) is 5.82 Å². The van der Waals surface area contributed by atoms with Crippen molar-refractivity contribution in [3.8, 4) is 0 Å². The molecule has 1 amide bonds. The fourth-order valence-corrected chi connectivity index (χ4v) is 3.15. The third-order valence-corrected chi connectivity index (χ3v) is 4.60. The Hall–Kier alpha value is -3.53. The SMILES string of the molecule is Cn1cnc2c1c(=O)n(CC(=O)Nc1cnc3c(Cl)cccc3n1)c(=O)n2C. The number of aryl methyl sites for hydroxylation is 2. The molecule has 0 saturated carbocycles. The third kappa shape index (κ3) is 2.83. The van der Waals surface area contributed by atoms with Crippen LogP contribution in [-0.4, -0.2) is 34.6 Å². The van der Waals surface area contributed by atoms with E-state index in [0.717, 1.165) is 4.57 Å². The summed E-state index contributed by atoms with van der Waals surface area (Å²) in [6.45, 7) is -0.470. The molecule has 0 aliphatic heterocycles. The Kier molecular flexibility index (Phi) is 4.19. The number of carbonyl (C=O) groups is 1. The van der Waals surface area contributed by atoms with Gasteiger partial charge in [0.05, 0.1) is 23.1 Å². The van der Waals surface area contributed by atoms with E-state index in [1.165, 1.54) is 28.7 Å². The van der Waals surface area contributed by atoms with Gasteiger partial charge in [-0.25, -0.2) is 24.3 Å². The maximum atomic E-state index is 12.6. The molecule has 1 aromatic carbocycles. The average Bonchev–Trinajstić information content (AvgIpc) is 3.05. The normalized spacial score (nSPS) is 11.2. The molecule has 0 bridgehead atoms. The van der Waals surface area contributed by atoms with Gasteiger partial charge in [0.15, 0.2) is 17.0 Å². The number of carbonyl (C=O) groups excluding carboxylic acids is 1. The number of rotatable bonds is 3. The largest absolute Gasteiger partial charge is 0.332 e. The van der Waals surface area contributed by atoms with Crippen molar-refractivity contribution in [2.45, 2.75) is 6.54 Å². The Balaban J connectivity index is 1.67. The fraction of sp³-hybridized carbons (Fsp3) is 0.176. The molecule has 3 aromatic heterocycles. The number of benzene rings is 1. The minimum Gasteiger partial charge on any atom is -0.328 e. The summed E-state index contributed by atoms with van der Waals surface area (Å²) >= 11 is 6.05. The lowest BCUT2D eigenvalue weighted by Gasteiger charge is -2.09. The van der Waals surface area contributed by atoms with Crippen LogP contribution in [0.15, 0.2) is 40.3 Å². The van der Waals surface area contributed by atoms with Crippen molar-refractivity contribution in [2.24, 2.45) is 14.1 Å². The standard InChI is InChI=1S/C17H14ClN7O3/c1-23-8-20-15-14(23)16(27)25(17(28)24(15)2)7-12(26)22-11-6-19-13-9(18)4-3-5-10(13)21-11/h3-6,8H,7H2,1-2H3,(H,21,22,26). The molecule has 142 valence electrons. The second-order valence-corrected chi connectivity index (χ2v) is 6.58. The Bertz CT molecular complexity index is 1370. The van der Waals surface area contributed by atoms with Crippen LogP contribution in [0.25, 0.3) is 22.2 Å². The summed E-state index contributed by atoms with van der Waals surface area (Å²) in [5.41, 5.74) is 0.275. The van der Waals surface area contributed by atoms with E-state index >= 15 is 0 Å². The van der Waals surface area contributed by atoms with Crippen molar-refractivity contribution < 1.29 is 4.79 Å². The van der Waals surface area contributed by atoms with E-state index in [9.17, 15) is 14.4 Å². The molecule has 0 aliphatic carbocycles. The first kappa shape index (κ1) is 17.9.